The van der Waals surface area contributed by atoms with Crippen molar-refractivity contribution in [1.82, 2.24) is 9.88 Å². The summed E-state index contributed by atoms with van der Waals surface area (Å²) in [6.45, 7) is 1.31. The molecule has 0 unspecified atom stereocenters. The number of hydrogen-bond acceptors (Lipinski definition) is 3. The molecular formula is C13H12N2O2. The first kappa shape index (κ1) is 10.1. The van der Waals surface area contributed by atoms with Gasteiger partial charge in [-0.05, 0) is 23.8 Å². The first-order chi connectivity index (χ1) is 8.34. The molecule has 17 heavy (non-hydrogen) atoms. The third kappa shape index (κ3) is 1.82. The smallest absolute Gasteiger partial charge is 0.289 e. The Bertz CT molecular complexity index is 534. The van der Waals surface area contributed by atoms with Gasteiger partial charge in [-0.15, -0.1) is 0 Å². The summed E-state index contributed by atoms with van der Waals surface area (Å²) in [6.07, 6.45) is 4.12. The van der Waals surface area contributed by atoms with Gasteiger partial charge in [0.1, 0.15) is 0 Å². The Kier molecular flexibility index (Phi) is 2.40. The molecule has 3 rings (SSSR count). The SMILES string of the molecule is O=C(c1ccco1)N1CCc2ncccc2C1. The molecule has 4 heteroatoms. The number of rotatable bonds is 1. The number of furan rings is 1. The summed E-state index contributed by atoms with van der Waals surface area (Å²) in [5.41, 5.74) is 2.22. The molecule has 1 amide bonds. The standard InChI is InChI=1S/C13H12N2O2/c16-13(12-4-2-8-17-12)15-7-5-11-10(9-15)3-1-6-14-11/h1-4,6,8H,5,7,9H2. The van der Waals surface area contributed by atoms with Gasteiger partial charge in [0.15, 0.2) is 5.76 Å². The summed E-state index contributed by atoms with van der Waals surface area (Å²) < 4.78 is 5.13. The van der Waals surface area contributed by atoms with Crippen LogP contribution in [0.2, 0.25) is 0 Å². The lowest BCUT2D eigenvalue weighted by Gasteiger charge is -2.27. The number of hydrogen-bond donors (Lipinski definition) is 0. The van der Waals surface area contributed by atoms with Crippen LogP contribution in [-0.4, -0.2) is 22.3 Å². The maximum absolute atomic E-state index is 12.1. The molecule has 2 aromatic heterocycles. The number of pyridine rings is 1. The van der Waals surface area contributed by atoms with Crippen molar-refractivity contribution in [3.63, 3.8) is 0 Å². The van der Waals surface area contributed by atoms with Crippen LogP contribution in [0.1, 0.15) is 21.8 Å². The first-order valence-electron chi connectivity index (χ1n) is 5.60. The van der Waals surface area contributed by atoms with Crippen molar-refractivity contribution in [3.8, 4) is 0 Å². The highest BCUT2D eigenvalue weighted by atomic mass is 16.3. The molecule has 3 heterocycles. The first-order valence-corrected chi connectivity index (χ1v) is 5.60. The van der Waals surface area contributed by atoms with Gasteiger partial charge in [0, 0.05) is 31.4 Å². The molecular weight excluding hydrogens is 216 g/mol. The predicted molar refractivity (Wildman–Crippen MR) is 61.4 cm³/mol. The molecule has 0 N–H and O–H groups in total. The summed E-state index contributed by atoms with van der Waals surface area (Å²) >= 11 is 0. The quantitative estimate of drug-likeness (QED) is 0.748. The molecule has 0 saturated carbocycles. The van der Waals surface area contributed by atoms with E-state index in [1.165, 1.54) is 6.26 Å². The summed E-state index contributed by atoms with van der Waals surface area (Å²) in [5, 5.41) is 0. The minimum Gasteiger partial charge on any atom is -0.459 e. The number of nitrogens with zero attached hydrogens (tertiary/aromatic N) is 2. The zero-order chi connectivity index (χ0) is 11.7. The van der Waals surface area contributed by atoms with Crippen LogP contribution in [-0.2, 0) is 13.0 Å². The number of carbonyl (C=O) groups is 1. The van der Waals surface area contributed by atoms with E-state index in [1.54, 1.807) is 23.2 Å². The largest absolute Gasteiger partial charge is 0.459 e. The van der Waals surface area contributed by atoms with Crippen LogP contribution >= 0.6 is 0 Å². The number of amides is 1. The third-order valence-corrected chi connectivity index (χ3v) is 2.98. The van der Waals surface area contributed by atoms with Gasteiger partial charge in [0.25, 0.3) is 5.91 Å². The molecule has 0 fully saturated rings. The highest BCUT2D eigenvalue weighted by Crippen LogP contribution is 2.18. The van der Waals surface area contributed by atoms with Gasteiger partial charge in [-0.2, -0.15) is 0 Å². The van der Waals surface area contributed by atoms with Crippen molar-refractivity contribution in [3.05, 3.63) is 53.7 Å². The normalized spacial score (nSPS) is 14.5. The Morgan fingerprint density at radius 1 is 1.35 bits per heavy atom. The van der Waals surface area contributed by atoms with Gasteiger partial charge in [-0.3, -0.25) is 9.78 Å². The van der Waals surface area contributed by atoms with E-state index in [-0.39, 0.29) is 5.91 Å². The lowest BCUT2D eigenvalue weighted by atomic mass is 10.1. The average Bonchev–Trinajstić information content (AvgIpc) is 2.91. The van der Waals surface area contributed by atoms with Crippen LogP contribution in [0.25, 0.3) is 0 Å². The van der Waals surface area contributed by atoms with Crippen LogP contribution in [0, 0.1) is 0 Å². The van der Waals surface area contributed by atoms with Crippen LogP contribution in [0.5, 0.6) is 0 Å². The molecule has 1 aliphatic rings. The second-order valence-corrected chi connectivity index (χ2v) is 4.06. The number of carbonyl (C=O) groups excluding carboxylic acids is 1. The van der Waals surface area contributed by atoms with E-state index in [0.29, 0.717) is 18.8 Å². The fourth-order valence-corrected chi connectivity index (χ4v) is 2.10. The summed E-state index contributed by atoms with van der Waals surface area (Å²) in [6, 6.07) is 7.34. The molecule has 4 nitrogen and oxygen atoms in total. The van der Waals surface area contributed by atoms with Crippen LogP contribution in [0.4, 0.5) is 0 Å². The topological polar surface area (TPSA) is 46.3 Å². The molecule has 0 spiro atoms. The lowest BCUT2D eigenvalue weighted by Crippen LogP contribution is -2.36. The molecule has 0 atom stereocenters. The Balaban J connectivity index is 1.83. The Hall–Kier alpha value is -2.10. The zero-order valence-corrected chi connectivity index (χ0v) is 9.30. The van der Waals surface area contributed by atoms with Gasteiger partial charge in [0.05, 0.1) is 6.26 Å². The van der Waals surface area contributed by atoms with E-state index >= 15 is 0 Å². The molecule has 2 aromatic rings. The van der Waals surface area contributed by atoms with Crippen molar-refractivity contribution >= 4 is 5.91 Å². The predicted octanol–water partition coefficient (Wildman–Crippen LogP) is 1.87. The maximum Gasteiger partial charge on any atom is 0.289 e. The van der Waals surface area contributed by atoms with E-state index in [4.69, 9.17) is 4.42 Å². The molecule has 0 aromatic carbocycles. The van der Waals surface area contributed by atoms with Gasteiger partial charge < -0.3 is 9.32 Å². The van der Waals surface area contributed by atoms with E-state index in [1.807, 2.05) is 12.1 Å². The molecule has 0 aliphatic carbocycles. The van der Waals surface area contributed by atoms with E-state index in [0.717, 1.165) is 17.7 Å². The molecule has 1 aliphatic heterocycles. The van der Waals surface area contributed by atoms with Crippen molar-refractivity contribution in [2.75, 3.05) is 6.54 Å². The maximum atomic E-state index is 12.1. The minimum absolute atomic E-state index is 0.0514. The molecule has 0 bridgehead atoms. The van der Waals surface area contributed by atoms with Crippen molar-refractivity contribution < 1.29 is 9.21 Å². The van der Waals surface area contributed by atoms with Gasteiger partial charge in [-0.25, -0.2) is 0 Å². The molecule has 0 radical (unpaired) electrons. The summed E-state index contributed by atoms with van der Waals surface area (Å²) in [4.78, 5) is 18.2. The van der Waals surface area contributed by atoms with Crippen molar-refractivity contribution in [2.24, 2.45) is 0 Å². The number of fused-ring (bicyclic) bond motifs is 1. The van der Waals surface area contributed by atoms with E-state index in [2.05, 4.69) is 4.98 Å². The van der Waals surface area contributed by atoms with Crippen LogP contribution in [0.15, 0.2) is 41.1 Å². The van der Waals surface area contributed by atoms with E-state index in [9.17, 15) is 4.79 Å². The monoisotopic (exact) mass is 228 g/mol. The minimum atomic E-state index is -0.0514. The highest BCUT2D eigenvalue weighted by molar-refractivity contribution is 5.91. The van der Waals surface area contributed by atoms with Crippen LogP contribution < -0.4 is 0 Å². The van der Waals surface area contributed by atoms with Crippen molar-refractivity contribution in [2.45, 2.75) is 13.0 Å². The highest BCUT2D eigenvalue weighted by Gasteiger charge is 2.23. The third-order valence-electron chi connectivity index (χ3n) is 2.98. The Morgan fingerprint density at radius 2 is 2.29 bits per heavy atom. The summed E-state index contributed by atoms with van der Waals surface area (Å²) in [7, 11) is 0. The zero-order valence-electron chi connectivity index (χ0n) is 9.30. The van der Waals surface area contributed by atoms with E-state index < -0.39 is 0 Å². The van der Waals surface area contributed by atoms with Crippen LogP contribution in [0.3, 0.4) is 0 Å². The molecule has 0 saturated heterocycles. The average molecular weight is 228 g/mol. The Morgan fingerprint density at radius 3 is 3.12 bits per heavy atom. The number of aromatic nitrogens is 1. The van der Waals surface area contributed by atoms with Crippen molar-refractivity contribution in [1.29, 1.82) is 0 Å². The lowest BCUT2D eigenvalue weighted by molar-refractivity contribution is 0.0701. The second-order valence-electron chi connectivity index (χ2n) is 4.06. The summed E-state index contributed by atoms with van der Waals surface area (Å²) in [5.74, 6) is 0.349. The fraction of sp³-hybridized carbons (Fsp3) is 0.231. The van der Waals surface area contributed by atoms with Gasteiger partial charge in [0.2, 0.25) is 0 Å². The van der Waals surface area contributed by atoms with Gasteiger partial charge in [-0.1, -0.05) is 6.07 Å². The second kappa shape index (κ2) is 4.05. The molecule has 86 valence electrons. The Labute approximate surface area is 98.9 Å². The van der Waals surface area contributed by atoms with Gasteiger partial charge >= 0.3 is 0 Å². The fourth-order valence-electron chi connectivity index (χ4n) is 2.10.